The van der Waals surface area contributed by atoms with E-state index in [9.17, 15) is 5.48 Å². The second-order valence-corrected chi connectivity index (χ2v) is 14.6. The summed E-state index contributed by atoms with van der Waals surface area (Å²) in [4.78, 5) is 15.1. The van der Waals surface area contributed by atoms with Crippen LogP contribution in [0.2, 0.25) is 0 Å². The van der Waals surface area contributed by atoms with Crippen LogP contribution in [0.25, 0.3) is 113 Å². The molecule has 0 spiro atoms. The number of para-hydroxylation sites is 2. The Kier molecular flexibility index (Phi) is 4.15. The van der Waals surface area contributed by atoms with Gasteiger partial charge in [-0.2, -0.15) is 9.97 Å². The van der Waals surface area contributed by atoms with Crippen molar-refractivity contribution < 1.29 is 18.1 Å². The molecule has 0 aliphatic carbocycles. The number of hydrogen-bond acceptors (Lipinski definition) is 6. The first kappa shape index (κ1) is 20.4. The first-order chi connectivity index (χ1) is 29.9. The number of rotatable bonds is 3. The summed E-state index contributed by atoms with van der Waals surface area (Å²) in [6.07, 6.45) is 0. The summed E-state index contributed by atoms with van der Waals surface area (Å²) in [5.41, 5.74) is 0.762. The highest BCUT2D eigenvalue weighted by Gasteiger charge is 2.22. The summed E-state index contributed by atoms with van der Waals surface area (Å²) in [6.45, 7) is 0. The van der Waals surface area contributed by atoms with Gasteiger partial charge < -0.3 is 4.42 Å². The molecule has 0 saturated heterocycles. The number of aromatic nitrogens is 4. The monoisotopic (exact) mass is 710 g/mol. The molecule has 242 valence electrons. The third kappa shape index (κ3) is 4.00. The lowest BCUT2D eigenvalue weighted by Crippen LogP contribution is -2.06. The Morgan fingerprint density at radius 2 is 1.15 bits per heavy atom. The number of nitrogens with zero attached hydrogens (tertiary/aromatic N) is 4. The van der Waals surface area contributed by atoms with E-state index in [1.165, 1.54) is 4.57 Å². The highest BCUT2D eigenvalue weighted by molar-refractivity contribution is 7.26. The van der Waals surface area contributed by atoms with Crippen LogP contribution in [-0.4, -0.2) is 19.5 Å². The summed E-state index contributed by atoms with van der Waals surface area (Å²) in [5.74, 6) is 0.413. The number of hydrogen-bond donors (Lipinski definition) is 0. The van der Waals surface area contributed by atoms with Crippen LogP contribution in [0.1, 0.15) is 13.7 Å². The number of furan rings is 1. The van der Waals surface area contributed by atoms with Crippen molar-refractivity contribution in [3.63, 3.8) is 0 Å². The maximum Gasteiger partial charge on any atom is 0.238 e. The zero-order chi connectivity index (χ0) is 42.6. The van der Waals surface area contributed by atoms with Crippen LogP contribution in [0.4, 0.5) is 0 Å². The largest absolute Gasteiger partial charge is 0.455 e. The Hall–Kier alpha value is -6.41. The Labute approximate surface area is 317 Å². The molecule has 12 aromatic rings. The molecule has 7 aromatic carbocycles. The second kappa shape index (κ2) is 10.6. The van der Waals surface area contributed by atoms with Crippen molar-refractivity contribution in [1.29, 1.82) is 0 Å². The van der Waals surface area contributed by atoms with E-state index in [-0.39, 0.29) is 61.3 Å². The molecule has 0 fully saturated rings. The van der Waals surface area contributed by atoms with Gasteiger partial charge in [-0.15, -0.1) is 22.7 Å². The zero-order valence-electron chi connectivity index (χ0n) is 36.6. The molecule has 0 amide bonds. The maximum atomic E-state index is 9.58. The topological polar surface area (TPSA) is 56.7 Å². The van der Waals surface area contributed by atoms with Crippen LogP contribution in [0, 0.1) is 0 Å². The minimum atomic E-state index is -0.554. The van der Waals surface area contributed by atoms with E-state index in [1.807, 2.05) is 60.7 Å². The van der Waals surface area contributed by atoms with Gasteiger partial charge in [0.25, 0.3) is 0 Å². The average molecular weight is 711 g/mol. The number of fused-ring (bicyclic) bond motifs is 13. The molecule has 0 atom stereocenters. The highest BCUT2D eigenvalue weighted by atomic mass is 32.1. The predicted octanol–water partition coefficient (Wildman–Crippen LogP) is 12.9. The fourth-order valence-corrected chi connectivity index (χ4v) is 9.46. The molecular weight excluding hydrogens is 677 g/mol. The fraction of sp³-hybridized carbons (Fsp3) is 0. The van der Waals surface area contributed by atoms with Crippen LogP contribution in [-0.2, 0) is 0 Å². The van der Waals surface area contributed by atoms with E-state index in [0.717, 1.165) is 40.3 Å². The standard InChI is InChI=1S/C45H24N4OS2/c1-5-13-34-32(12-1)41-35(21-20-31-27-9-2-6-14-36(27)50-42(31)41)49(34)45-47-43(25-18-22-39-33(23-25)29-11-4-8-16-38(29)51-39)46-44(48-45)26-17-19-30-28-10-3-7-15-37(28)52-40(30)24-26/h1-24H/i1D,2D,5D,6D,9D,12D,13D,14D,20D,21D. The van der Waals surface area contributed by atoms with E-state index < -0.39 is 60.4 Å². The summed E-state index contributed by atoms with van der Waals surface area (Å²) >= 11 is 3.30. The van der Waals surface area contributed by atoms with Gasteiger partial charge in [0.15, 0.2) is 11.6 Å². The van der Waals surface area contributed by atoms with Gasteiger partial charge in [0, 0.05) is 67.6 Å². The molecule has 12 rings (SSSR count). The number of benzene rings is 7. The first-order valence-corrected chi connectivity index (χ1v) is 18.0. The molecule has 0 aliphatic heterocycles. The molecule has 0 bridgehead atoms. The highest BCUT2D eigenvalue weighted by Crippen LogP contribution is 2.42. The van der Waals surface area contributed by atoms with Crippen LogP contribution in [0.3, 0.4) is 0 Å². The van der Waals surface area contributed by atoms with E-state index in [0.29, 0.717) is 11.1 Å². The van der Waals surface area contributed by atoms with E-state index in [4.69, 9.17) is 27.6 Å². The van der Waals surface area contributed by atoms with Crippen molar-refractivity contribution in [2.24, 2.45) is 0 Å². The van der Waals surface area contributed by atoms with Gasteiger partial charge in [-0.3, -0.25) is 4.57 Å². The van der Waals surface area contributed by atoms with Gasteiger partial charge in [-0.05, 0) is 60.6 Å². The van der Waals surface area contributed by atoms with Crippen molar-refractivity contribution >= 4 is 107 Å². The molecule has 0 radical (unpaired) electrons. The van der Waals surface area contributed by atoms with Crippen molar-refractivity contribution in [3.8, 4) is 28.7 Å². The fourth-order valence-electron chi connectivity index (χ4n) is 7.23. The van der Waals surface area contributed by atoms with Gasteiger partial charge in [0.2, 0.25) is 5.95 Å². The van der Waals surface area contributed by atoms with Gasteiger partial charge in [-0.25, -0.2) is 4.98 Å². The van der Waals surface area contributed by atoms with E-state index >= 15 is 0 Å². The third-order valence-electron chi connectivity index (χ3n) is 9.56. The lowest BCUT2D eigenvalue weighted by Gasteiger charge is -2.11. The minimum Gasteiger partial charge on any atom is -0.455 e. The van der Waals surface area contributed by atoms with Crippen LogP contribution < -0.4 is 0 Å². The van der Waals surface area contributed by atoms with Crippen LogP contribution >= 0.6 is 22.7 Å². The molecule has 5 nitrogen and oxygen atoms in total. The second-order valence-electron chi connectivity index (χ2n) is 12.4. The molecule has 0 saturated carbocycles. The van der Waals surface area contributed by atoms with Crippen molar-refractivity contribution in [1.82, 2.24) is 19.5 Å². The normalized spacial score (nSPS) is 14.9. The quantitative estimate of drug-likeness (QED) is 0.183. The molecule has 7 heteroatoms. The Balaban J connectivity index is 1.23. The minimum absolute atomic E-state index is 0.0115. The Bertz CT molecular complexity index is 4020. The first-order valence-electron chi connectivity index (χ1n) is 21.4. The lowest BCUT2D eigenvalue weighted by molar-refractivity contribution is 0.673. The summed E-state index contributed by atoms with van der Waals surface area (Å²) in [5, 5.41) is 4.01. The lowest BCUT2D eigenvalue weighted by atomic mass is 10.1. The van der Waals surface area contributed by atoms with Gasteiger partial charge in [0.1, 0.15) is 11.2 Å². The maximum absolute atomic E-state index is 9.58. The third-order valence-corrected chi connectivity index (χ3v) is 11.8. The molecule has 0 N–H and O–H groups in total. The molecule has 52 heavy (non-hydrogen) atoms. The van der Waals surface area contributed by atoms with Crippen molar-refractivity contribution in [2.45, 2.75) is 0 Å². The van der Waals surface area contributed by atoms with Gasteiger partial charge in [0.05, 0.1) is 30.1 Å². The van der Waals surface area contributed by atoms with Crippen molar-refractivity contribution in [3.05, 3.63) is 145 Å². The van der Waals surface area contributed by atoms with Crippen LogP contribution in [0.15, 0.2) is 150 Å². The molecule has 0 unspecified atom stereocenters. The molecule has 5 heterocycles. The molecular formula is C45H24N4OS2. The molecule has 5 aromatic heterocycles. The predicted molar refractivity (Wildman–Crippen MR) is 218 cm³/mol. The Morgan fingerprint density at radius 3 is 2.00 bits per heavy atom. The van der Waals surface area contributed by atoms with Gasteiger partial charge in [-0.1, -0.05) is 84.8 Å². The van der Waals surface area contributed by atoms with E-state index in [1.54, 1.807) is 22.7 Å². The summed E-state index contributed by atoms with van der Waals surface area (Å²) in [6, 6.07) is 23.2. The number of thiophene rings is 2. The summed E-state index contributed by atoms with van der Waals surface area (Å²) in [7, 11) is 0. The molecule has 0 aliphatic rings. The van der Waals surface area contributed by atoms with Gasteiger partial charge >= 0.3 is 0 Å². The average Bonchev–Trinajstić information content (AvgIpc) is 4.06. The smallest absolute Gasteiger partial charge is 0.238 e. The van der Waals surface area contributed by atoms with E-state index in [2.05, 4.69) is 24.3 Å². The Morgan fingerprint density at radius 1 is 0.500 bits per heavy atom. The SMILES string of the molecule is [2H]c1c([2H])c([2H])c2c(oc3c2c([2H])c([2H])c2c3c3c([2H])c([2H])c([2H])c([2H])c3n2-c2nc(-c3ccc4c(c3)sc3ccccc34)nc(-c3ccc4sc5ccccc5c4c3)n2)c1[2H]. The summed E-state index contributed by atoms with van der Waals surface area (Å²) < 4.78 is 101. The van der Waals surface area contributed by atoms with Crippen molar-refractivity contribution in [2.75, 3.05) is 0 Å². The van der Waals surface area contributed by atoms with Crippen LogP contribution in [0.5, 0.6) is 0 Å². The zero-order valence-corrected chi connectivity index (χ0v) is 28.2.